The SMILES string of the molecule is Cc1csc(N(C)c2ccc3c(c2)NCCC3)n1. The third-order valence-electron chi connectivity index (χ3n) is 3.31. The summed E-state index contributed by atoms with van der Waals surface area (Å²) in [7, 11) is 2.07. The highest BCUT2D eigenvalue weighted by molar-refractivity contribution is 7.13. The summed E-state index contributed by atoms with van der Waals surface area (Å²) in [5, 5.41) is 6.60. The summed E-state index contributed by atoms with van der Waals surface area (Å²) in [5.74, 6) is 0. The third-order valence-corrected chi connectivity index (χ3v) is 4.35. The van der Waals surface area contributed by atoms with Crippen LogP contribution in [0.15, 0.2) is 23.6 Å². The van der Waals surface area contributed by atoms with Crippen LogP contribution in [0, 0.1) is 6.92 Å². The van der Waals surface area contributed by atoms with Crippen LogP contribution in [0.4, 0.5) is 16.5 Å². The number of hydrogen-bond acceptors (Lipinski definition) is 4. The Labute approximate surface area is 111 Å². The number of fused-ring (bicyclic) bond motifs is 1. The van der Waals surface area contributed by atoms with E-state index in [1.165, 1.54) is 29.8 Å². The first-order valence-corrected chi connectivity index (χ1v) is 7.14. The summed E-state index contributed by atoms with van der Waals surface area (Å²) in [6, 6.07) is 6.64. The van der Waals surface area contributed by atoms with Crippen LogP contribution in [0.5, 0.6) is 0 Å². The van der Waals surface area contributed by atoms with Crippen molar-refractivity contribution in [3.05, 3.63) is 34.8 Å². The Morgan fingerprint density at radius 1 is 1.39 bits per heavy atom. The highest BCUT2D eigenvalue weighted by Crippen LogP contribution is 2.31. The van der Waals surface area contributed by atoms with Crippen LogP contribution in [0.3, 0.4) is 0 Å². The highest BCUT2D eigenvalue weighted by atomic mass is 32.1. The Hall–Kier alpha value is -1.55. The topological polar surface area (TPSA) is 28.2 Å². The fourth-order valence-electron chi connectivity index (χ4n) is 2.26. The summed E-state index contributed by atoms with van der Waals surface area (Å²) in [4.78, 5) is 6.67. The van der Waals surface area contributed by atoms with E-state index in [0.29, 0.717) is 0 Å². The molecule has 3 nitrogen and oxygen atoms in total. The highest BCUT2D eigenvalue weighted by Gasteiger charge is 2.12. The Balaban J connectivity index is 1.92. The number of aromatic nitrogens is 1. The molecule has 1 N–H and O–H groups in total. The van der Waals surface area contributed by atoms with E-state index < -0.39 is 0 Å². The normalized spacial score (nSPS) is 13.9. The predicted octanol–water partition coefficient (Wildman–Crippen LogP) is 3.58. The summed E-state index contributed by atoms with van der Waals surface area (Å²) >= 11 is 1.68. The van der Waals surface area contributed by atoms with Crippen LogP contribution >= 0.6 is 11.3 Å². The minimum Gasteiger partial charge on any atom is -0.385 e. The van der Waals surface area contributed by atoms with Gasteiger partial charge in [0.25, 0.3) is 0 Å². The molecule has 0 unspecified atom stereocenters. The van der Waals surface area contributed by atoms with Crippen molar-refractivity contribution in [1.29, 1.82) is 0 Å². The molecule has 0 radical (unpaired) electrons. The minimum absolute atomic E-state index is 1.04. The van der Waals surface area contributed by atoms with Crippen LogP contribution in [0.25, 0.3) is 0 Å². The van der Waals surface area contributed by atoms with Crippen LogP contribution in [-0.2, 0) is 6.42 Å². The summed E-state index contributed by atoms with van der Waals surface area (Å²) < 4.78 is 0. The molecule has 0 spiro atoms. The molecule has 0 saturated carbocycles. The first-order valence-electron chi connectivity index (χ1n) is 6.27. The molecule has 0 atom stereocenters. The molecular formula is C14H17N3S. The van der Waals surface area contributed by atoms with Crippen molar-refractivity contribution in [2.75, 3.05) is 23.8 Å². The van der Waals surface area contributed by atoms with E-state index in [1.807, 2.05) is 6.92 Å². The maximum atomic E-state index is 4.52. The zero-order valence-electron chi connectivity index (χ0n) is 10.7. The zero-order chi connectivity index (χ0) is 12.5. The molecule has 1 aliphatic rings. The maximum Gasteiger partial charge on any atom is 0.189 e. The summed E-state index contributed by atoms with van der Waals surface area (Å²) in [6.07, 6.45) is 2.41. The van der Waals surface area contributed by atoms with E-state index in [1.54, 1.807) is 11.3 Å². The van der Waals surface area contributed by atoms with Gasteiger partial charge in [-0.1, -0.05) is 6.07 Å². The Kier molecular flexibility index (Phi) is 2.96. The van der Waals surface area contributed by atoms with Gasteiger partial charge in [0.1, 0.15) is 0 Å². The fraction of sp³-hybridized carbons (Fsp3) is 0.357. The van der Waals surface area contributed by atoms with Crippen LogP contribution < -0.4 is 10.2 Å². The molecule has 2 aromatic rings. The largest absolute Gasteiger partial charge is 0.385 e. The second-order valence-corrected chi connectivity index (χ2v) is 5.54. The molecule has 18 heavy (non-hydrogen) atoms. The van der Waals surface area contributed by atoms with Gasteiger partial charge in [0.05, 0.1) is 5.69 Å². The number of hydrogen-bond donors (Lipinski definition) is 1. The quantitative estimate of drug-likeness (QED) is 0.893. The predicted molar refractivity (Wildman–Crippen MR) is 78.2 cm³/mol. The van der Waals surface area contributed by atoms with Gasteiger partial charge in [-0.25, -0.2) is 4.98 Å². The Morgan fingerprint density at radius 2 is 2.28 bits per heavy atom. The van der Waals surface area contributed by atoms with Gasteiger partial charge in [-0.2, -0.15) is 0 Å². The van der Waals surface area contributed by atoms with Gasteiger partial charge in [-0.15, -0.1) is 11.3 Å². The Bertz CT molecular complexity index is 562. The van der Waals surface area contributed by atoms with Crippen molar-refractivity contribution in [2.24, 2.45) is 0 Å². The molecule has 1 aromatic carbocycles. The van der Waals surface area contributed by atoms with E-state index in [-0.39, 0.29) is 0 Å². The molecule has 2 heterocycles. The fourth-order valence-corrected chi connectivity index (χ4v) is 3.05. The number of thiazole rings is 1. The summed E-state index contributed by atoms with van der Waals surface area (Å²) in [6.45, 7) is 3.11. The molecule has 0 bridgehead atoms. The lowest BCUT2D eigenvalue weighted by Crippen LogP contribution is -2.14. The van der Waals surface area contributed by atoms with Crippen LogP contribution in [0.2, 0.25) is 0 Å². The van der Waals surface area contributed by atoms with Gasteiger partial charge in [-0.05, 0) is 37.5 Å². The van der Waals surface area contributed by atoms with Crippen molar-refractivity contribution < 1.29 is 0 Å². The molecule has 0 amide bonds. The van der Waals surface area contributed by atoms with E-state index >= 15 is 0 Å². The monoisotopic (exact) mass is 259 g/mol. The van der Waals surface area contributed by atoms with Crippen LogP contribution in [-0.4, -0.2) is 18.6 Å². The first-order chi connectivity index (χ1) is 8.74. The van der Waals surface area contributed by atoms with Crippen molar-refractivity contribution >= 4 is 27.8 Å². The Morgan fingerprint density at radius 3 is 3.06 bits per heavy atom. The van der Waals surface area contributed by atoms with E-state index in [2.05, 4.69) is 45.8 Å². The molecule has 4 heteroatoms. The lowest BCUT2D eigenvalue weighted by molar-refractivity contribution is 0.830. The van der Waals surface area contributed by atoms with Crippen molar-refractivity contribution in [1.82, 2.24) is 4.98 Å². The minimum atomic E-state index is 1.04. The molecule has 94 valence electrons. The third kappa shape index (κ3) is 2.08. The van der Waals surface area contributed by atoms with Crippen molar-refractivity contribution in [3.63, 3.8) is 0 Å². The number of nitrogens with zero attached hydrogens (tertiary/aromatic N) is 2. The smallest absolute Gasteiger partial charge is 0.189 e. The van der Waals surface area contributed by atoms with Gasteiger partial charge in [0.15, 0.2) is 5.13 Å². The molecule has 0 saturated heterocycles. The molecule has 3 rings (SSSR count). The standard InChI is InChI=1S/C14H17N3S/c1-10-9-18-14(16-10)17(2)12-6-5-11-4-3-7-15-13(11)8-12/h5-6,8-9,15H,3-4,7H2,1-2H3. The number of anilines is 3. The molecule has 1 aliphatic heterocycles. The second-order valence-electron chi connectivity index (χ2n) is 4.70. The average Bonchev–Trinajstić information content (AvgIpc) is 2.84. The molecule has 1 aromatic heterocycles. The van der Waals surface area contributed by atoms with Crippen molar-refractivity contribution in [3.8, 4) is 0 Å². The lowest BCUT2D eigenvalue weighted by atomic mass is 10.0. The van der Waals surface area contributed by atoms with Crippen molar-refractivity contribution in [2.45, 2.75) is 19.8 Å². The van der Waals surface area contributed by atoms with Gasteiger partial charge < -0.3 is 10.2 Å². The lowest BCUT2D eigenvalue weighted by Gasteiger charge is -2.22. The summed E-state index contributed by atoms with van der Waals surface area (Å²) in [5.41, 5.74) is 4.98. The molecule has 0 aliphatic carbocycles. The van der Waals surface area contributed by atoms with E-state index in [4.69, 9.17) is 0 Å². The average molecular weight is 259 g/mol. The number of aryl methyl sites for hydroxylation is 2. The van der Waals surface area contributed by atoms with E-state index in [9.17, 15) is 0 Å². The van der Waals surface area contributed by atoms with Gasteiger partial charge >= 0.3 is 0 Å². The second kappa shape index (κ2) is 4.61. The zero-order valence-corrected chi connectivity index (χ0v) is 11.5. The van der Waals surface area contributed by atoms with Gasteiger partial charge in [0.2, 0.25) is 0 Å². The number of benzene rings is 1. The number of nitrogens with one attached hydrogen (secondary N) is 1. The molecule has 0 fully saturated rings. The van der Waals surface area contributed by atoms with E-state index in [0.717, 1.165) is 17.4 Å². The first kappa shape index (κ1) is 11.5. The molecular weight excluding hydrogens is 242 g/mol. The van der Waals surface area contributed by atoms with Crippen LogP contribution in [0.1, 0.15) is 17.7 Å². The number of rotatable bonds is 2. The maximum absolute atomic E-state index is 4.52. The van der Waals surface area contributed by atoms with Gasteiger partial charge in [0, 0.05) is 30.3 Å². The van der Waals surface area contributed by atoms with Gasteiger partial charge in [-0.3, -0.25) is 0 Å².